The van der Waals surface area contributed by atoms with E-state index >= 15 is 0 Å². The summed E-state index contributed by atoms with van der Waals surface area (Å²) < 4.78 is 0. The molecule has 5 heteroatoms. The van der Waals surface area contributed by atoms with Crippen LogP contribution in [-0.2, 0) is 4.79 Å². The third-order valence-electron chi connectivity index (χ3n) is 4.34. The van der Waals surface area contributed by atoms with Gasteiger partial charge in [-0.1, -0.05) is 6.07 Å². The number of likely N-dealkylation sites (tertiary alicyclic amines) is 1. The van der Waals surface area contributed by atoms with E-state index in [9.17, 15) is 20.1 Å². The number of rotatable bonds is 3. The summed E-state index contributed by atoms with van der Waals surface area (Å²) in [5.41, 5.74) is -0.278. The van der Waals surface area contributed by atoms with Gasteiger partial charge < -0.3 is 15.3 Å². The molecule has 1 aromatic carbocycles. The Morgan fingerprint density at radius 1 is 1.35 bits per heavy atom. The van der Waals surface area contributed by atoms with Crippen molar-refractivity contribution in [2.24, 2.45) is 0 Å². The summed E-state index contributed by atoms with van der Waals surface area (Å²) >= 11 is 0. The average molecular weight is 279 g/mol. The van der Waals surface area contributed by atoms with Gasteiger partial charge in [-0.25, -0.2) is 0 Å². The minimum absolute atomic E-state index is 0.00177. The maximum atomic E-state index is 11.6. The number of nitrogens with zero attached hydrogens (tertiary/aromatic N) is 1. The van der Waals surface area contributed by atoms with Crippen molar-refractivity contribution in [3.05, 3.63) is 23.8 Å². The number of carboxylic acids is 1. The van der Waals surface area contributed by atoms with Crippen LogP contribution in [0, 0.1) is 0 Å². The van der Waals surface area contributed by atoms with Crippen LogP contribution >= 0.6 is 0 Å². The van der Waals surface area contributed by atoms with Gasteiger partial charge >= 0.3 is 5.97 Å². The van der Waals surface area contributed by atoms with Crippen molar-refractivity contribution in [1.29, 1.82) is 0 Å². The van der Waals surface area contributed by atoms with E-state index in [2.05, 4.69) is 0 Å². The Bertz CT molecular complexity index is 517. The van der Waals surface area contributed by atoms with Crippen molar-refractivity contribution < 1.29 is 20.1 Å². The molecule has 1 saturated heterocycles. The highest BCUT2D eigenvalue weighted by Gasteiger charge is 2.44. The van der Waals surface area contributed by atoms with Gasteiger partial charge in [-0.2, -0.15) is 0 Å². The lowest BCUT2D eigenvalue weighted by atomic mass is 9.86. The van der Waals surface area contributed by atoms with Crippen LogP contribution in [0.3, 0.4) is 0 Å². The highest BCUT2D eigenvalue weighted by Crippen LogP contribution is 2.39. The topological polar surface area (TPSA) is 81.0 Å². The zero-order chi connectivity index (χ0) is 14.9. The van der Waals surface area contributed by atoms with Crippen LogP contribution in [0.15, 0.2) is 18.2 Å². The van der Waals surface area contributed by atoms with Gasteiger partial charge in [0.1, 0.15) is 17.0 Å². The number of aromatic hydroxyl groups is 2. The Kier molecular flexibility index (Phi) is 3.90. The summed E-state index contributed by atoms with van der Waals surface area (Å²) in [6, 6.07) is 4.21. The number of aliphatic carboxylic acids is 1. The highest BCUT2D eigenvalue weighted by atomic mass is 16.4. The fourth-order valence-corrected chi connectivity index (χ4v) is 3.05. The van der Waals surface area contributed by atoms with Crippen LogP contribution in [-0.4, -0.2) is 38.3 Å². The summed E-state index contributed by atoms with van der Waals surface area (Å²) in [5, 5.41) is 28.9. The molecule has 1 aliphatic rings. The van der Waals surface area contributed by atoms with Crippen molar-refractivity contribution in [3.63, 3.8) is 0 Å². The molecule has 3 N–H and O–H groups in total. The maximum absolute atomic E-state index is 11.6. The maximum Gasteiger partial charge on any atom is 0.323 e. The van der Waals surface area contributed by atoms with E-state index in [-0.39, 0.29) is 17.5 Å². The Morgan fingerprint density at radius 3 is 2.65 bits per heavy atom. The molecule has 1 aliphatic heterocycles. The SMILES string of the molecule is CC(c1ccc(O)cc1O)N1CCCCC1(C)C(=O)O. The van der Waals surface area contributed by atoms with Crippen molar-refractivity contribution in [2.75, 3.05) is 6.54 Å². The molecular weight excluding hydrogens is 258 g/mol. The van der Waals surface area contributed by atoms with Crippen molar-refractivity contribution in [2.45, 2.75) is 44.7 Å². The first-order valence-corrected chi connectivity index (χ1v) is 6.88. The van der Waals surface area contributed by atoms with Crippen LogP contribution in [0.5, 0.6) is 11.5 Å². The zero-order valence-corrected chi connectivity index (χ0v) is 11.8. The molecule has 2 atom stereocenters. The molecule has 0 aliphatic carbocycles. The Balaban J connectivity index is 2.35. The molecule has 20 heavy (non-hydrogen) atoms. The normalized spacial score (nSPS) is 25.3. The number of piperidine rings is 1. The van der Waals surface area contributed by atoms with Crippen molar-refractivity contribution >= 4 is 5.97 Å². The van der Waals surface area contributed by atoms with E-state index in [1.165, 1.54) is 12.1 Å². The Hall–Kier alpha value is -1.75. The first kappa shape index (κ1) is 14.7. The van der Waals surface area contributed by atoms with Crippen LogP contribution in [0.4, 0.5) is 0 Å². The number of phenols is 2. The smallest absolute Gasteiger partial charge is 0.323 e. The summed E-state index contributed by atoms with van der Waals surface area (Å²) in [4.78, 5) is 13.5. The molecule has 110 valence electrons. The number of phenolic OH excluding ortho intramolecular Hbond substituents is 2. The summed E-state index contributed by atoms with van der Waals surface area (Å²) in [5.74, 6) is -0.837. The summed E-state index contributed by atoms with van der Waals surface area (Å²) in [6.45, 7) is 4.31. The molecule has 2 rings (SSSR count). The molecule has 0 aromatic heterocycles. The molecule has 1 aromatic rings. The van der Waals surface area contributed by atoms with Crippen LogP contribution < -0.4 is 0 Å². The number of hydrogen-bond acceptors (Lipinski definition) is 4. The second-order valence-electron chi connectivity index (χ2n) is 5.65. The second-order valence-corrected chi connectivity index (χ2v) is 5.65. The van der Waals surface area contributed by atoms with E-state index in [4.69, 9.17) is 0 Å². The van der Waals surface area contributed by atoms with Gasteiger partial charge in [0, 0.05) is 17.7 Å². The summed E-state index contributed by atoms with van der Waals surface area (Å²) in [7, 11) is 0. The molecule has 1 fully saturated rings. The number of hydrogen-bond donors (Lipinski definition) is 3. The highest BCUT2D eigenvalue weighted by molar-refractivity contribution is 5.78. The predicted octanol–water partition coefficient (Wildman–Crippen LogP) is 2.49. The first-order valence-electron chi connectivity index (χ1n) is 6.88. The predicted molar refractivity (Wildman–Crippen MR) is 74.8 cm³/mol. The quantitative estimate of drug-likeness (QED) is 0.792. The molecule has 2 unspecified atom stereocenters. The number of carbonyl (C=O) groups is 1. The molecule has 0 spiro atoms. The van der Waals surface area contributed by atoms with Gasteiger partial charge in [0.15, 0.2) is 0 Å². The number of carboxylic acid groups (broad SMARTS) is 1. The van der Waals surface area contributed by atoms with Gasteiger partial charge in [-0.15, -0.1) is 0 Å². The third kappa shape index (κ3) is 2.45. The monoisotopic (exact) mass is 279 g/mol. The second kappa shape index (κ2) is 5.32. The van der Waals surface area contributed by atoms with Crippen LogP contribution in [0.2, 0.25) is 0 Å². The largest absolute Gasteiger partial charge is 0.508 e. The lowest BCUT2D eigenvalue weighted by Crippen LogP contribution is -2.55. The van der Waals surface area contributed by atoms with Crippen molar-refractivity contribution in [3.8, 4) is 11.5 Å². The standard InChI is InChI=1S/C15H21NO4/c1-10(12-6-5-11(17)9-13(12)18)16-8-4-3-7-15(16,2)14(19)20/h5-6,9-10,17-18H,3-4,7-8H2,1-2H3,(H,19,20). The third-order valence-corrected chi connectivity index (χ3v) is 4.34. The minimum Gasteiger partial charge on any atom is -0.508 e. The molecular formula is C15H21NO4. The molecule has 0 radical (unpaired) electrons. The van der Waals surface area contributed by atoms with Gasteiger partial charge in [-0.3, -0.25) is 9.69 Å². The molecule has 0 amide bonds. The van der Waals surface area contributed by atoms with Gasteiger partial charge in [0.25, 0.3) is 0 Å². The first-order chi connectivity index (χ1) is 9.36. The van der Waals surface area contributed by atoms with Gasteiger partial charge in [0.2, 0.25) is 0 Å². The lowest BCUT2D eigenvalue weighted by molar-refractivity contribution is -0.155. The Labute approximate surface area is 118 Å². The zero-order valence-electron chi connectivity index (χ0n) is 11.8. The van der Waals surface area contributed by atoms with Gasteiger partial charge in [-0.05, 0) is 45.7 Å². The summed E-state index contributed by atoms with van der Waals surface area (Å²) in [6.07, 6.45) is 2.45. The fourth-order valence-electron chi connectivity index (χ4n) is 3.05. The van der Waals surface area contributed by atoms with E-state index in [1.807, 2.05) is 11.8 Å². The molecule has 1 heterocycles. The van der Waals surface area contributed by atoms with E-state index < -0.39 is 11.5 Å². The minimum atomic E-state index is -0.915. The molecule has 0 bridgehead atoms. The average Bonchev–Trinajstić information content (AvgIpc) is 2.38. The molecule has 5 nitrogen and oxygen atoms in total. The van der Waals surface area contributed by atoms with E-state index in [1.54, 1.807) is 13.0 Å². The molecule has 0 saturated carbocycles. The Morgan fingerprint density at radius 2 is 2.05 bits per heavy atom. The van der Waals surface area contributed by atoms with Crippen LogP contribution in [0.1, 0.15) is 44.7 Å². The van der Waals surface area contributed by atoms with Gasteiger partial charge in [0.05, 0.1) is 0 Å². The lowest BCUT2D eigenvalue weighted by Gasteiger charge is -2.45. The van der Waals surface area contributed by atoms with Crippen molar-refractivity contribution in [1.82, 2.24) is 4.90 Å². The van der Waals surface area contributed by atoms with Crippen LogP contribution in [0.25, 0.3) is 0 Å². The number of benzene rings is 1. The fraction of sp³-hybridized carbons (Fsp3) is 0.533. The van der Waals surface area contributed by atoms with E-state index in [0.717, 1.165) is 12.8 Å². The van der Waals surface area contributed by atoms with E-state index in [0.29, 0.717) is 18.5 Å².